The van der Waals surface area contributed by atoms with Crippen molar-refractivity contribution in [1.29, 1.82) is 0 Å². The Kier molecular flexibility index (Phi) is 6.28. The fourth-order valence-electron chi connectivity index (χ4n) is 2.89. The Morgan fingerprint density at radius 2 is 1.61 bits per heavy atom. The summed E-state index contributed by atoms with van der Waals surface area (Å²) in [6, 6.07) is 14.0. The second-order valence-corrected chi connectivity index (χ2v) is 8.85. The summed E-state index contributed by atoms with van der Waals surface area (Å²) in [7, 11) is -0.549. The monoisotopic (exact) mass is 400 g/mol. The molecule has 1 aliphatic rings. The molecule has 0 aliphatic carbocycles. The molecule has 0 spiro atoms. The Morgan fingerprint density at radius 1 is 1.00 bits per heavy atom. The number of hydrogen-bond donors (Lipinski definition) is 0. The van der Waals surface area contributed by atoms with E-state index < -0.39 is 10.0 Å². The minimum Gasteiger partial charge on any atom is -0.378 e. The average molecular weight is 401 g/mol. The van der Waals surface area contributed by atoms with Crippen LogP contribution in [0.4, 0.5) is 5.69 Å². The molecule has 0 bridgehead atoms. The summed E-state index contributed by atoms with van der Waals surface area (Å²) in [5.74, 6) is -0.175. The van der Waals surface area contributed by atoms with Gasteiger partial charge in [0, 0.05) is 38.4 Å². The van der Waals surface area contributed by atoms with Crippen LogP contribution >= 0.6 is 0 Å². The van der Waals surface area contributed by atoms with E-state index in [1.807, 2.05) is 24.3 Å². The van der Waals surface area contributed by atoms with Crippen LogP contribution in [0.5, 0.6) is 0 Å². The Balaban J connectivity index is 1.66. The maximum atomic E-state index is 12.4. The van der Waals surface area contributed by atoms with Crippen molar-refractivity contribution >= 4 is 27.6 Å². The molecular formula is C21H24N2O4S. The predicted octanol–water partition coefficient (Wildman–Crippen LogP) is 2.67. The first-order valence-corrected chi connectivity index (χ1v) is 10.5. The van der Waals surface area contributed by atoms with E-state index >= 15 is 0 Å². The number of hydrogen-bond acceptors (Lipinski definition) is 5. The van der Waals surface area contributed by atoms with Gasteiger partial charge in [0.2, 0.25) is 10.0 Å². The smallest absolute Gasteiger partial charge is 0.242 e. The SMILES string of the molecule is CN(C)S(=O)(=O)c1ccc(C(=O)/C=C/c2ccc(N3CCOCC3)cc2)cc1. The molecule has 1 aliphatic heterocycles. The number of ether oxygens (including phenoxy) is 1. The van der Waals surface area contributed by atoms with Crippen molar-refractivity contribution in [3.05, 3.63) is 65.7 Å². The van der Waals surface area contributed by atoms with Crippen LogP contribution in [0.25, 0.3) is 6.08 Å². The van der Waals surface area contributed by atoms with Crippen LogP contribution in [0.2, 0.25) is 0 Å². The van der Waals surface area contributed by atoms with Gasteiger partial charge in [-0.25, -0.2) is 12.7 Å². The minimum atomic E-state index is -3.50. The van der Waals surface area contributed by atoms with Crippen molar-refractivity contribution in [2.24, 2.45) is 0 Å². The molecule has 0 aromatic heterocycles. The standard InChI is InChI=1S/C21H24N2O4S/c1-22(2)28(25,26)20-10-6-18(7-11-20)21(24)12-5-17-3-8-19(9-4-17)23-13-15-27-16-14-23/h3-12H,13-16H2,1-2H3/b12-5+. The fourth-order valence-corrected chi connectivity index (χ4v) is 3.79. The van der Waals surface area contributed by atoms with Gasteiger partial charge >= 0.3 is 0 Å². The molecule has 6 nitrogen and oxygen atoms in total. The Morgan fingerprint density at radius 3 is 2.18 bits per heavy atom. The Bertz CT molecular complexity index is 943. The van der Waals surface area contributed by atoms with Crippen molar-refractivity contribution in [2.45, 2.75) is 4.90 Å². The van der Waals surface area contributed by atoms with E-state index in [2.05, 4.69) is 4.90 Å². The summed E-state index contributed by atoms with van der Waals surface area (Å²) in [6.07, 6.45) is 3.26. The highest BCUT2D eigenvalue weighted by atomic mass is 32.2. The summed E-state index contributed by atoms with van der Waals surface area (Å²) < 4.78 is 30.7. The van der Waals surface area contributed by atoms with Gasteiger partial charge < -0.3 is 9.64 Å². The zero-order chi connectivity index (χ0) is 20.1. The van der Waals surface area contributed by atoms with Gasteiger partial charge in [0.05, 0.1) is 18.1 Å². The molecule has 0 atom stereocenters. The van der Waals surface area contributed by atoms with Crippen molar-refractivity contribution < 1.29 is 17.9 Å². The number of rotatable bonds is 6. The molecule has 0 amide bonds. The number of morpholine rings is 1. The largest absolute Gasteiger partial charge is 0.378 e. The lowest BCUT2D eigenvalue weighted by atomic mass is 10.1. The first kappa shape index (κ1) is 20.3. The molecule has 1 heterocycles. The number of sulfonamides is 1. The first-order valence-electron chi connectivity index (χ1n) is 9.06. The van der Waals surface area contributed by atoms with Crippen molar-refractivity contribution in [3.63, 3.8) is 0 Å². The van der Waals surface area contributed by atoms with E-state index in [1.165, 1.54) is 44.4 Å². The molecule has 3 rings (SSSR count). The second kappa shape index (κ2) is 8.68. The topological polar surface area (TPSA) is 66.9 Å². The van der Waals surface area contributed by atoms with Gasteiger partial charge in [-0.05, 0) is 48.0 Å². The van der Waals surface area contributed by atoms with Crippen LogP contribution in [-0.4, -0.2) is 58.9 Å². The Hall–Kier alpha value is -2.48. The Labute approximate surface area is 166 Å². The zero-order valence-electron chi connectivity index (χ0n) is 16.0. The van der Waals surface area contributed by atoms with Gasteiger partial charge in [-0.3, -0.25) is 4.79 Å². The van der Waals surface area contributed by atoms with Crippen LogP contribution in [0, 0.1) is 0 Å². The molecule has 0 N–H and O–H groups in total. The van der Waals surface area contributed by atoms with E-state index in [0.717, 1.165) is 41.9 Å². The van der Waals surface area contributed by atoms with Crippen molar-refractivity contribution in [1.82, 2.24) is 4.31 Å². The van der Waals surface area contributed by atoms with Gasteiger partial charge in [-0.2, -0.15) is 0 Å². The molecule has 7 heteroatoms. The van der Waals surface area contributed by atoms with Crippen LogP contribution in [0.3, 0.4) is 0 Å². The number of carbonyl (C=O) groups excluding carboxylic acids is 1. The van der Waals surface area contributed by atoms with Crippen LogP contribution in [0.15, 0.2) is 59.5 Å². The highest BCUT2D eigenvalue weighted by Crippen LogP contribution is 2.18. The van der Waals surface area contributed by atoms with Gasteiger partial charge in [0.1, 0.15) is 0 Å². The van der Waals surface area contributed by atoms with Crippen LogP contribution in [0.1, 0.15) is 15.9 Å². The molecule has 2 aromatic rings. The fraction of sp³-hybridized carbons (Fsp3) is 0.286. The maximum Gasteiger partial charge on any atom is 0.242 e. The molecule has 0 radical (unpaired) electrons. The number of allylic oxidation sites excluding steroid dienone is 1. The molecule has 2 aromatic carbocycles. The molecule has 0 unspecified atom stereocenters. The number of benzene rings is 2. The summed E-state index contributed by atoms with van der Waals surface area (Å²) in [6.45, 7) is 3.25. The van der Waals surface area contributed by atoms with Gasteiger partial charge in [0.25, 0.3) is 0 Å². The van der Waals surface area contributed by atoms with Gasteiger partial charge in [-0.1, -0.05) is 18.2 Å². The zero-order valence-corrected chi connectivity index (χ0v) is 16.9. The van der Waals surface area contributed by atoms with Crippen molar-refractivity contribution in [3.8, 4) is 0 Å². The molecular weight excluding hydrogens is 376 g/mol. The molecule has 1 saturated heterocycles. The normalized spacial score (nSPS) is 15.3. The van der Waals surface area contributed by atoms with Crippen molar-refractivity contribution in [2.75, 3.05) is 45.3 Å². The predicted molar refractivity (Wildman–Crippen MR) is 110 cm³/mol. The third-order valence-corrected chi connectivity index (χ3v) is 6.44. The summed E-state index contributed by atoms with van der Waals surface area (Å²) in [5, 5.41) is 0. The lowest BCUT2D eigenvalue weighted by Crippen LogP contribution is -2.36. The molecule has 0 saturated carbocycles. The minimum absolute atomic E-state index is 0.164. The van der Waals surface area contributed by atoms with Gasteiger partial charge in [-0.15, -0.1) is 0 Å². The van der Waals surface area contributed by atoms with Gasteiger partial charge in [0.15, 0.2) is 5.78 Å². The third kappa shape index (κ3) is 4.67. The third-order valence-electron chi connectivity index (χ3n) is 4.61. The lowest BCUT2D eigenvalue weighted by Gasteiger charge is -2.28. The molecule has 1 fully saturated rings. The first-order chi connectivity index (χ1) is 13.4. The highest BCUT2D eigenvalue weighted by Gasteiger charge is 2.17. The number of carbonyl (C=O) groups is 1. The van der Waals surface area contributed by atoms with E-state index in [9.17, 15) is 13.2 Å². The van der Waals surface area contributed by atoms with E-state index in [-0.39, 0.29) is 10.7 Å². The van der Waals surface area contributed by atoms with Crippen LogP contribution in [-0.2, 0) is 14.8 Å². The summed E-state index contributed by atoms with van der Waals surface area (Å²) >= 11 is 0. The average Bonchev–Trinajstić information content (AvgIpc) is 2.73. The highest BCUT2D eigenvalue weighted by molar-refractivity contribution is 7.89. The number of nitrogens with zero attached hydrogens (tertiary/aromatic N) is 2. The van der Waals surface area contributed by atoms with Crippen LogP contribution < -0.4 is 4.90 Å². The van der Waals surface area contributed by atoms with E-state index in [0.29, 0.717) is 5.56 Å². The second-order valence-electron chi connectivity index (χ2n) is 6.70. The maximum absolute atomic E-state index is 12.4. The lowest BCUT2D eigenvalue weighted by molar-refractivity contribution is 0.104. The number of anilines is 1. The van der Waals surface area contributed by atoms with E-state index in [1.54, 1.807) is 6.08 Å². The van der Waals surface area contributed by atoms with E-state index in [4.69, 9.17) is 4.74 Å². The quantitative estimate of drug-likeness (QED) is 0.551. The molecule has 28 heavy (non-hydrogen) atoms. The number of ketones is 1. The molecule has 148 valence electrons. The summed E-state index contributed by atoms with van der Waals surface area (Å²) in [4.78, 5) is 14.8. The summed E-state index contributed by atoms with van der Waals surface area (Å²) in [5.41, 5.74) is 2.51.